The number of hydrogen-bond acceptors (Lipinski definition) is 4. The lowest BCUT2D eigenvalue weighted by Crippen LogP contribution is -2.17. The molecule has 1 heterocycles. The maximum absolute atomic E-state index is 12.2. The number of benzene rings is 1. The van der Waals surface area contributed by atoms with Crippen LogP contribution in [0.25, 0.3) is 0 Å². The molecule has 0 bridgehead atoms. The van der Waals surface area contributed by atoms with E-state index in [4.69, 9.17) is 17.3 Å². The van der Waals surface area contributed by atoms with Gasteiger partial charge in [-0.2, -0.15) is 0 Å². The van der Waals surface area contributed by atoms with Gasteiger partial charge in [0.1, 0.15) is 0 Å². The Labute approximate surface area is 122 Å². The Morgan fingerprint density at radius 1 is 1.35 bits per heavy atom. The summed E-state index contributed by atoms with van der Waals surface area (Å²) in [6, 6.07) is 6.59. The molecule has 0 aliphatic rings. The van der Waals surface area contributed by atoms with Crippen LogP contribution >= 0.6 is 11.6 Å². The summed E-state index contributed by atoms with van der Waals surface area (Å²) in [5.41, 5.74) is 8.02. The van der Waals surface area contributed by atoms with Crippen LogP contribution in [0.3, 0.4) is 0 Å². The van der Waals surface area contributed by atoms with Crippen LogP contribution in [0.15, 0.2) is 36.7 Å². The molecule has 1 amide bonds. The topological polar surface area (TPSA) is 71.2 Å². The number of carbonyl (C=O) groups is 1. The Balaban J connectivity index is 2.26. The zero-order valence-electron chi connectivity index (χ0n) is 11.2. The van der Waals surface area contributed by atoms with E-state index in [1.807, 2.05) is 25.1 Å². The van der Waals surface area contributed by atoms with Gasteiger partial charge in [-0.1, -0.05) is 11.6 Å². The SMILES string of the molecule is CN(C)c1ccncc1NC(=O)c1ccc(Cl)c(N)c1. The maximum Gasteiger partial charge on any atom is 0.255 e. The van der Waals surface area contributed by atoms with Gasteiger partial charge in [0.15, 0.2) is 0 Å². The summed E-state index contributed by atoms with van der Waals surface area (Å²) in [5.74, 6) is -0.260. The monoisotopic (exact) mass is 290 g/mol. The zero-order valence-corrected chi connectivity index (χ0v) is 12.0. The van der Waals surface area contributed by atoms with Crippen molar-refractivity contribution in [2.45, 2.75) is 0 Å². The van der Waals surface area contributed by atoms with Crippen LogP contribution in [0.5, 0.6) is 0 Å². The first-order valence-corrected chi connectivity index (χ1v) is 6.34. The van der Waals surface area contributed by atoms with E-state index in [2.05, 4.69) is 10.3 Å². The van der Waals surface area contributed by atoms with Gasteiger partial charge in [-0.3, -0.25) is 9.78 Å². The fraction of sp³-hybridized carbons (Fsp3) is 0.143. The molecular formula is C14H15ClN4O. The van der Waals surface area contributed by atoms with E-state index >= 15 is 0 Å². The average molecular weight is 291 g/mol. The van der Waals surface area contributed by atoms with Gasteiger partial charge in [0, 0.05) is 25.9 Å². The first kappa shape index (κ1) is 14.1. The molecule has 2 rings (SSSR count). The van der Waals surface area contributed by atoms with Gasteiger partial charge in [0.25, 0.3) is 5.91 Å². The summed E-state index contributed by atoms with van der Waals surface area (Å²) in [6.07, 6.45) is 3.28. The zero-order chi connectivity index (χ0) is 14.7. The molecule has 0 aliphatic heterocycles. The first-order chi connectivity index (χ1) is 9.49. The van der Waals surface area contributed by atoms with Crippen molar-refractivity contribution in [3.8, 4) is 0 Å². The lowest BCUT2D eigenvalue weighted by Gasteiger charge is -2.17. The summed E-state index contributed by atoms with van der Waals surface area (Å²) in [6.45, 7) is 0. The number of nitrogens with two attached hydrogens (primary N) is 1. The van der Waals surface area contributed by atoms with Crippen molar-refractivity contribution in [1.82, 2.24) is 4.98 Å². The molecule has 0 atom stereocenters. The third kappa shape index (κ3) is 3.00. The molecule has 0 radical (unpaired) electrons. The summed E-state index contributed by atoms with van der Waals surface area (Å²) in [7, 11) is 3.79. The van der Waals surface area contributed by atoms with Gasteiger partial charge >= 0.3 is 0 Å². The molecule has 5 nitrogen and oxygen atoms in total. The number of anilines is 3. The fourth-order valence-electron chi connectivity index (χ4n) is 1.75. The predicted molar refractivity (Wildman–Crippen MR) is 82.4 cm³/mol. The number of nitrogens with one attached hydrogen (secondary N) is 1. The predicted octanol–water partition coefficient (Wildman–Crippen LogP) is 2.64. The molecule has 0 fully saturated rings. The van der Waals surface area contributed by atoms with E-state index in [0.717, 1.165) is 5.69 Å². The van der Waals surface area contributed by atoms with Crippen LogP contribution in [0.4, 0.5) is 17.1 Å². The minimum atomic E-state index is -0.260. The number of aromatic nitrogens is 1. The summed E-state index contributed by atoms with van der Waals surface area (Å²) >= 11 is 5.84. The minimum absolute atomic E-state index is 0.260. The Morgan fingerprint density at radius 3 is 2.75 bits per heavy atom. The quantitative estimate of drug-likeness (QED) is 0.853. The third-order valence-electron chi connectivity index (χ3n) is 2.79. The van der Waals surface area contributed by atoms with Crippen molar-refractivity contribution in [2.24, 2.45) is 0 Å². The average Bonchev–Trinajstić information content (AvgIpc) is 2.42. The van der Waals surface area contributed by atoms with Gasteiger partial charge in [0.05, 0.1) is 28.3 Å². The Kier molecular flexibility index (Phi) is 4.10. The lowest BCUT2D eigenvalue weighted by atomic mass is 10.2. The van der Waals surface area contributed by atoms with E-state index in [-0.39, 0.29) is 5.91 Å². The molecule has 1 aromatic carbocycles. The second-order valence-corrected chi connectivity index (χ2v) is 4.88. The van der Waals surface area contributed by atoms with E-state index in [9.17, 15) is 4.79 Å². The van der Waals surface area contributed by atoms with Crippen molar-refractivity contribution in [3.05, 3.63) is 47.2 Å². The molecule has 3 N–H and O–H groups in total. The highest BCUT2D eigenvalue weighted by Crippen LogP contribution is 2.24. The van der Waals surface area contributed by atoms with Crippen LogP contribution in [-0.4, -0.2) is 25.0 Å². The molecule has 0 aliphatic carbocycles. The van der Waals surface area contributed by atoms with Gasteiger partial charge in [-0.25, -0.2) is 0 Å². The van der Waals surface area contributed by atoms with Crippen molar-refractivity contribution < 1.29 is 4.79 Å². The van der Waals surface area contributed by atoms with E-state index < -0.39 is 0 Å². The van der Waals surface area contributed by atoms with Crippen molar-refractivity contribution in [1.29, 1.82) is 0 Å². The molecule has 6 heteroatoms. The fourth-order valence-corrected chi connectivity index (χ4v) is 1.87. The summed E-state index contributed by atoms with van der Waals surface area (Å²) in [4.78, 5) is 18.1. The van der Waals surface area contributed by atoms with E-state index in [0.29, 0.717) is 22.0 Å². The smallest absolute Gasteiger partial charge is 0.255 e. The Hall–Kier alpha value is -2.27. The molecule has 20 heavy (non-hydrogen) atoms. The molecule has 1 aromatic heterocycles. The summed E-state index contributed by atoms with van der Waals surface area (Å²) in [5, 5.41) is 3.24. The van der Waals surface area contributed by atoms with Gasteiger partial charge in [-0.15, -0.1) is 0 Å². The second kappa shape index (κ2) is 5.79. The van der Waals surface area contributed by atoms with E-state index in [1.54, 1.807) is 30.6 Å². The number of hydrogen-bond donors (Lipinski definition) is 2. The van der Waals surface area contributed by atoms with Crippen LogP contribution < -0.4 is 16.0 Å². The van der Waals surface area contributed by atoms with Crippen LogP contribution in [0.1, 0.15) is 10.4 Å². The molecule has 0 unspecified atom stereocenters. The molecule has 0 spiro atoms. The van der Waals surface area contributed by atoms with Gasteiger partial charge in [-0.05, 0) is 24.3 Å². The number of carbonyl (C=O) groups excluding carboxylic acids is 1. The van der Waals surface area contributed by atoms with Crippen LogP contribution in [0, 0.1) is 0 Å². The number of pyridine rings is 1. The number of rotatable bonds is 3. The number of halogens is 1. The number of amides is 1. The van der Waals surface area contributed by atoms with Crippen molar-refractivity contribution >= 4 is 34.6 Å². The Bertz CT molecular complexity index is 643. The van der Waals surface area contributed by atoms with Crippen LogP contribution in [0.2, 0.25) is 5.02 Å². The highest BCUT2D eigenvalue weighted by Gasteiger charge is 2.11. The molecule has 0 saturated carbocycles. The van der Waals surface area contributed by atoms with Crippen LogP contribution in [-0.2, 0) is 0 Å². The third-order valence-corrected chi connectivity index (χ3v) is 3.13. The normalized spacial score (nSPS) is 10.2. The number of nitrogens with zero attached hydrogens (tertiary/aromatic N) is 2. The molecule has 0 saturated heterocycles. The standard InChI is InChI=1S/C14H15ClN4O/c1-19(2)13-5-6-17-8-12(13)18-14(20)9-3-4-10(15)11(16)7-9/h3-8H,16H2,1-2H3,(H,18,20). The number of nitrogen functional groups attached to an aromatic ring is 1. The highest BCUT2D eigenvalue weighted by molar-refractivity contribution is 6.33. The molecule has 104 valence electrons. The van der Waals surface area contributed by atoms with Gasteiger partial charge < -0.3 is 16.0 Å². The Morgan fingerprint density at radius 2 is 2.10 bits per heavy atom. The lowest BCUT2D eigenvalue weighted by molar-refractivity contribution is 0.102. The first-order valence-electron chi connectivity index (χ1n) is 5.96. The minimum Gasteiger partial charge on any atom is -0.398 e. The van der Waals surface area contributed by atoms with E-state index in [1.165, 1.54) is 0 Å². The second-order valence-electron chi connectivity index (χ2n) is 4.48. The maximum atomic E-state index is 12.2. The van der Waals surface area contributed by atoms with Crippen molar-refractivity contribution in [2.75, 3.05) is 30.0 Å². The largest absolute Gasteiger partial charge is 0.398 e. The van der Waals surface area contributed by atoms with Gasteiger partial charge in [0.2, 0.25) is 0 Å². The summed E-state index contributed by atoms with van der Waals surface area (Å²) < 4.78 is 0. The molecular weight excluding hydrogens is 276 g/mol. The highest BCUT2D eigenvalue weighted by atomic mass is 35.5. The van der Waals surface area contributed by atoms with Crippen molar-refractivity contribution in [3.63, 3.8) is 0 Å². The molecule has 2 aromatic rings.